The van der Waals surface area contributed by atoms with Crippen LogP contribution in [0.3, 0.4) is 0 Å². The van der Waals surface area contributed by atoms with E-state index in [1.165, 1.54) is 11.8 Å². The van der Waals surface area contributed by atoms with Crippen LogP contribution in [-0.4, -0.2) is 5.78 Å². The number of carbonyl (C=O) groups is 1. The highest BCUT2D eigenvalue weighted by molar-refractivity contribution is 9.11. The fourth-order valence-electron chi connectivity index (χ4n) is 2.26. The van der Waals surface area contributed by atoms with Crippen molar-refractivity contribution in [1.29, 1.82) is 0 Å². The quantitative estimate of drug-likeness (QED) is 0.181. The number of thioether (sulfide) groups is 1. The van der Waals surface area contributed by atoms with E-state index in [-0.39, 0.29) is 5.78 Å². The molecule has 0 amide bonds. The molecule has 0 spiro atoms. The van der Waals surface area contributed by atoms with E-state index in [1.54, 1.807) is 0 Å². The van der Waals surface area contributed by atoms with Crippen LogP contribution in [-0.2, 0) is 0 Å². The van der Waals surface area contributed by atoms with Crippen LogP contribution in [0.1, 0.15) is 15.9 Å². The fraction of sp³-hybridized carbons (Fsp3) is 0. The molecule has 0 unspecified atom stereocenters. The maximum Gasteiger partial charge on any atom is 0.200 e. The van der Waals surface area contributed by atoms with E-state index in [1.807, 2.05) is 78.9 Å². The third kappa shape index (κ3) is 5.19. The molecule has 5 heteroatoms. The first-order valence-electron chi connectivity index (χ1n) is 7.73. The van der Waals surface area contributed by atoms with E-state index in [4.69, 9.17) is 0 Å². The van der Waals surface area contributed by atoms with E-state index in [2.05, 4.69) is 47.8 Å². The Kier molecular flexibility index (Phi) is 6.92. The van der Waals surface area contributed by atoms with Gasteiger partial charge in [-0.05, 0) is 60.2 Å². The van der Waals surface area contributed by atoms with Crippen LogP contribution < -0.4 is 0 Å². The topological polar surface area (TPSA) is 17.1 Å². The summed E-state index contributed by atoms with van der Waals surface area (Å²) in [6, 6.07) is 23.4. The van der Waals surface area contributed by atoms with Gasteiger partial charge in [-0.2, -0.15) is 0 Å². The van der Waals surface area contributed by atoms with Gasteiger partial charge in [-0.3, -0.25) is 4.79 Å². The highest BCUT2D eigenvalue weighted by atomic mass is 79.9. The van der Waals surface area contributed by atoms with Crippen LogP contribution in [0.15, 0.2) is 96.0 Å². The normalized spacial score (nSPS) is 11.4. The minimum absolute atomic E-state index is 0.00619. The first-order chi connectivity index (χ1) is 12.5. The molecule has 0 aliphatic rings. The summed E-state index contributed by atoms with van der Waals surface area (Å²) in [6.45, 7) is 0. The second-order valence-corrected chi connectivity index (χ2v) is 9.23. The molecule has 0 bridgehead atoms. The minimum Gasteiger partial charge on any atom is -0.288 e. The van der Waals surface area contributed by atoms with Gasteiger partial charge < -0.3 is 0 Å². The molecule has 0 atom stereocenters. The monoisotopic (exact) mass is 550 g/mol. The molecule has 0 N–H and O–H groups in total. The third-order valence-corrected chi connectivity index (χ3v) is 6.33. The summed E-state index contributed by atoms with van der Waals surface area (Å²) in [5, 5.41) is 0. The molecule has 26 heavy (non-hydrogen) atoms. The Bertz CT molecular complexity index is 948. The molecular weight excluding hydrogens is 540 g/mol. The number of rotatable bonds is 5. The van der Waals surface area contributed by atoms with E-state index in [0.717, 1.165) is 23.9 Å². The lowest BCUT2D eigenvalue weighted by atomic mass is 10.1. The van der Waals surface area contributed by atoms with E-state index in [9.17, 15) is 4.79 Å². The van der Waals surface area contributed by atoms with Crippen molar-refractivity contribution in [1.82, 2.24) is 0 Å². The Morgan fingerprint density at radius 1 is 0.769 bits per heavy atom. The molecule has 0 heterocycles. The number of hydrogen-bond donors (Lipinski definition) is 0. The van der Waals surface area contributed by atoms with Crippen LogP contribution in [0, 0.1) is 0 Å². The minimum atomic E-state index is -0.00619. The Labute approximate surface area is 182 Å². The lowest BCUT2D eigenvalue weighted by molar-refractivity contribution is 0.104. The largest absolute Gasteiger partial charge is 0.288 e. The van der Waals surface area contributed by atoms with Crippen LogP contribution in [0.5, 0.6) is 0 Å². The van der Waals surface area contributed by atoms with Crippen molar-refractivity contribution in [3.63, 3.8) is 0 Å². The van der Waals surface area contributed by atoms with Crippen molar-refractivity contribution in [2.24, 2.45) is 0 Å². The van der Waals surface area contributed by atoms with Gasteiger partial charge in [0.2, 0.25) is 5.78 Å². The second kappa shape index (κ2) is 9.18. The summed E-state index contributed by atoms with van der Waals surface area (Å²) in [6.07, 6.45) is 1.93. The lowest BCUT2D eigenvalue weighted by Crippen LogP contribution is -2.02. The van der Waals surface area contributed by atoms with Crippen LogP contribution >= 0.6 is 59.6 Å². The molecule has 0 aliphatic heterocycles. The van der Waals surface area contributed by atoms with Crippen LogP contribution in [0.4, 0.5) is 0 Å². The van der Waals surface area contributed by atoms with E-state index >= 15 is 0 Å². The third-order valence-electron chi connectivity index (χ3n) is 3.55. The summed E-state index contributed by atoms with van der Waals surface area (Å²) in [7, 11) is 0. The maximum atomic E-state index is 13.2. The van der Waals surface area contributed by atoms with Gasteiger partial charge in [-0.1, -0.05) is 83.8 Å². The van der Waals surface area contributed by atoms with Gasteiger partial charge in [0.05, 0.1) is 4.91 Å². The molecule has 1 nitrogen and oxygen atoms in total. The first kappa shape index (κ1) is 19.6. The highest BCUT2D eigenvalue weighted by Crippen LogP contribution is 2.33. The molecule has 3 aromatic carbocycles. The predicted octanol–water partition coefficient (Wildman–Crippen LogP) is 7.99. The Balaban J connectivity index is 2.00. The number of benzene rings is 3. The maximum absolute atomic E-state index is 13.2. The van der Waals surface area contributed by atoms with Crippen molar-refractivity contribution in [3.8, 4) is 0 Å². The van der Waals surface area contributed by atoms with Gasteiger partial charge in [0.15, 0.2) is 0 Å². The van der Waals surface area contributed by atoms with Crippen molar-refractivity contribution in [2.75, 3.05) is 0 Å². The van der Waals surface area contributed by atoms with Crippen LogP contribution in [0.2, 0.25) is 0 Å². The molecule has 0 saturated heterocycles. The van der Waals surface area contributed by atoms with Crippen molar-refractivity contribution < 1.29 is 4.79 Å². The van der Waals surface area contributed by atoms with Gasteiger partial charge in [-0.15, -0.1) is 0 Å². The van der Waals surface area contributed by atoms with Gasteiger partial charge >= 0.3 is 0 Å². The molecule has 0 aliphatic carbocycles. The van der Waals surface area contributed by atoms with Gasteiger partial charge in [0.1, 0.15) is 0 Å². The summed E-state index contributed by atoms with van der Waals surface area (Å²) < 4.78 is 2.81. The SMILES string of the molecule is O=C(/C(=C\c1ccc(Br)cc1)Sc1ccc(Br)cc1)c1ccccc1Br. The second-order valence-electron chi connectivity index (χ2n) is 5.43. The standard InChI is InChI=1S/C21H13Br3OS/c22-15-7-5-14(6-8-15)13-20(26-17-11-9-16(23)10-12-17)21(25)18-3-1-2-4-19(18)24/h1-13H/b20-13+. The number of allylic oxidation sites excluding steroid dienone is 1. The van der Waals surface area contributed by atoms with E-state index in [0.29, 0.717) is 10.5 Å². The molecule has 0 fully saturated rings. The molecular formula is C21H13Br3OS. The zero-order chi connectivity index (χ0) is 18.5. The summed E-state index contributed by atoms with van der Waals surface area (Å²) in [5.41, 5.74) is 1.63. The van der Waals surface area contributed by atoms with Gasteiger partial charge in [-0.25, -0.2) is 0 Å². The zero-order valence-corrected chi connectivity index (χ0v) is 19.0. The van der Waals surface area contributed by atoms with Gasteiger partial charge in [0.25, 0.3) is 0 Å². The number of carbonyl (C=O) groups excluding carboxylic acids is 1. The van der Waals surface area contributed by atoms with Crippen molar-refractivity contribution in [2.45, 2.75) is 4.90 Å². The Morgan fingerprint density at radius 3 is 1.96 bits per heavy atom. The summed E-state index contributed by atoms with van der Waals surface area (Å²) in [4.78, 5) is 14.8. The Hall–Kier alpha value is -1.14. The number of Topliss-reactive ketones (excluding diaryl/α,β-unsaturated/α-hetero) is 1. The van der Waals surface area contributed by atoms with Crippen molar-refractivity contribution in [3.05, 3.63) is 102 Å². The molecule has 0 saturated carbocycles. The number of hydrogen-bond acceptors (Lipinski definition) is 2. The number of ketones is 1. The van der Waals surface area contributed by atoms with E-state index < -0.39 is 0 Å². The molecule has 0 radical (unpaired) electrons. The predicted molar refractivity (Wildman–Crippen MR) is 121 cm³/mol. The molecule has 3 aromatic rings. The lowest BCUT2D eigenvalue weighted by Gasteiger charge is -2.09. The smallest absolute Gasteiger partial charge is 0.200 e. The summed E-state index contributed by atoms with van der Waals surface area (Å²) in [5.74, 6) is -0.00619. The average molecular weight is 553 g/mol. The van der Waals surface area contributed by atoms with Crippen molar-refractivity contribution >= 4 is 71.4 Å². The Morgan fingerprint density at radius 2 is 1.35 bits per heavy atom. The number of halogens is 3. The first-order valence-corrected chi connectivity index (χ1v) is 10.9. The average Bonchev–Trinajstić information content (AvgIpc) is 2.64. The zero-order valence-electron chi connectivity index (χ0n) is 13.5. The molecule has 0 aromatic heterocycles. The molecule has 3 rings (SSSR count). The highest BCUT2D eigenvalue weighted by Gasteiger charge is 2.16. The van der Waals surface area contributed by atoms with Crippen LogP contribution in [0.25, 0.3) is 6.08 Å². The fourth-order valence-corrected chi connectivity index (χ4v) is 4.18. The van der Waals surface area contributed by atoms with Gasteiger partial charge in [0, 0.05) is 23.9 Å². The molecule has 130 valence electrons. The summed E-state index contributed by atoms with van der Waals surface area (Å²) >= 11 is 11.8.